The summed E-state index contributed by atoms with van der Waals surface area (Å²) >= 11 is 1.48. The maximum absolute atomic E-state index is 12.6. The van der Waals surface area contributed by atoms with Crippen molar-refractivity contribution in [1.82, 2.24) is 15.6 Å². The number of hydrogen-bond donors (Lipinski definition) is 3. The average molecular weight is 353 g/mol. The largest absolute Gasteiger partial charge is 0.348 e. The molecule has 0 aliphatic carbocycles. The first-order chi connectivity index (χ1) is 11.0. The first-order valence-electron chi connectivity index (χ1n) is 8.79. The third kappa shape index (κ3) is 5.26. The number of aromatic nitrogens is 1. The zero-order valence-electron chi connectivity index (χ0n) is 15.8. The van der Waals surface area contributed by atoms with Crippen LogP contribution in [0.25, 0.3) is 0 Å². The molecule has 1 aliphatic rings. The molecule has 2 heterocycles. The molecule has 5 nitrogen and oxygen atoms in total. The molecule has 0 saturated carbocycles. The monoisotopic (exact) mass is 352 g/mol. The van der Waals surface area contributed by atoms with Crippen LogP contribution in [0.4, 0.5) is 0 Å². The molecule has 136 valence electrons. The highest BCUT2D eigenvalue weighted by molar-refractivity contribution is 7.09. The Hall–Kier alpha value is -0.980. The number of carbonyl (C=O) groups is 1. The molecule has 1 aliphatic heterocycles. The van der Waals surface area contributed by atoms with E-state index in [4.69, 9.17) is 5.73 Å². The van der Waals surface area contributed by atoms with Crippen molar-refractivity contribution in [2.24, 2.45) is 11.7 Å². The second-order valence-electron chi connectivity index (χ2n) is 8.78. The van der Waals surface area contributed by atoms with E-state index in [-0.39, 0.29) is 29.1 Å². The number of thiazole rings is 1. The Morgan fingerprint density at radius 1 is 1.38 bits per heavy atom. The van der Waals surface area contributed by atoms with Crippen LogP contribution in [-0.2, 0) is 0 Å². The normalized spacial score (nSPS) is 21.7. The predicted molar refractivity (Wildman–Crippen MR) is 100 cm³/mol. The lowest BCUT2D eigenvalue weighted by molar-refractivity contribution is 0.0868. The van der Waals surface area contributed by atoms with Crippen LogP contribution in [0.2, 0.25) is 0 Å². The van der Waals surface area contributed by atoms with Crippen LogP contribution in [0.15, 0.2) is 5.38 Å². The average Bonchev–Trinajstić information content (AvgIpc) is 2.83. The molecule has 1 unspecified atom stereocenters. The molecule has 24 heavy (non-hydrogen) atoms. The number of nitrogens with one attached hydrogen (secondary N) is 2. The van der Waals surface area contributed by atoms with Crippen molar-refractivity contribution in [1.29, 1.82) is 0 Å². The van der Waals surface area contributed by atoms with E-state index in [9.17, 15) is 4.79 Å². The van der Waals surface area contributed by atoms with E-state index in [0.29, 0.717) is 11.6 Å². The Balaban J connectivity index is 2.01. The summed E-state index contributed by atoms with van der Waals surface area (Å²) in [6.07, 6.45) is 2.70. The van der Waals surface area contributed by atoms with Gasteiger partial charge in [-0.05, 0) is 52.9 Å². The molecule has 0 aromatic carbocycles. The lowest BCUT2D eigenvalue weighted by Crippen LogP contribution is -2.62. The molecule has 2 rings (SSSR count). The molecule has 0 radical (unpaired) electrons. The van der Waals surface area contributed by atoms with Crippen LogP contribution in [0.3, 0.4) is 0 Å². The molecule has 1 aromatic heterocycles. The van der Waals surface area contributed by atoms with E-state index < -0.39 is 0 Å². The number of carbonyl (C=O) groups excluding carboxylic acids is 1. The van der Waals surface area contributed by atoms with Crippen LogP contribution in [0.1, 0.15) is 82.3 Å². The fourth-order valence-corrected chi connectivity index (χ4v) is 4.67. The number of piperidine rings is 1. The summed E-state index contributed by atoms with van der Waals surface area (Å²) in [6, 6.07) is 0.0616. The van der Waals surface area contributed by atoms with Crippen molar-refractivity contribution in [2.45, 2.75) is 84.0 Å². The van der Waals surface area contributed by atoms with Crippen LogP contribution < -0.4 is 16.4 Å². The van der Waals surface area contributed by atoms with Gasteiger partial charge in [0.2, 0.25) is 0 Å². The smallest absolute Gasteiger partial charge is 0.270 e. The number of hydrogen-bond acceptors (Lipinski definition) is 5. The highest BCUT2D eigenvalue weighted by atomic mass is 32.1. The minimum absolute atomic E-state index is 0.00650. The van der Waals surface area contributed by atoms with Gasteiger partial charge in [-0.1, -0.05) is 13.8 Å². The van der Waals surface area contributed by atoms with E-state index in [0.717, 1.165) is 24.3 Å². The SMILES string of the molecule is CC(C)CC(N)c1nc(C(=O)NC2CC(C)(C)NC(C)(C)C2)cs1. The van der Waals surface area contributed by atoms with Gasteiger partial charge in [-0.3, -0.25) is 4.79 Å². The minimum Gasteiger partial charge on any atom is -0.348 e. The molecule has 1 saturated heterocycles. The van der Waals surface area contributed by atoms with Crippen molar-refractivity contribution in [3.63, 3.8) is 0 Å². The van der Waals surface area contributed by atoms with Gasteiger partial charge < -0.3 is 16.4 Å². The fraction of sp³-hybridized carbons (Fsp3) is 0.778. The molecular formula is C18H32N4OS. The summed E-state index contributed by atoms with van der Waals surface area (Å²) in [5, 5.41) is 9.46. The summed E-state index contributed by atoms with van der Waals surface area (Å²) in [6.45, 7) is 13.0. The molecule has 0 bridgehead atoms. The second kappa shape index (κ2) is 7.10. The minimum atomic E-state index is -0.0900. The van der Waals surface area contributed by atoms with Gasteiger partial charge in [-0.15, -0.1) is 11.3 Å². The van der Waals surface area contributed by atoms with Gasteiger partial charge >= 0.3 is 0 Å². The summed E-state index contributed by atoms with van der Waals surface area (Å²) in [5.74, 6) is 0.424. The van der Waals surface area contributed by atoms with Gasteiger partial charge in [0.05, 0.1) is 6.04 Å². The number of nitrogens with two attached hydrogens (primary N) is 1. The molecule has 1 aromatic rings. The van der Waals surface area contributed by atoms with E-state index in [1.807, 2.05) is 5.38 Å². The first kappa shape index (κ1) is 19.3. The lowest BCUT2D eigenvalue weighted by atomic mass is 9.79. The van der Waals surface area contributed by atoms with Crippen molar-refractivity contribution >= 4 is 17.2 Å². The predicted octanol–water partition coefficient (Wildman–Crippen LogP) is 3.23. The van der Waals surface area contributed by atoms with E-state index in [1.165, 1.54) is 11.3 Å². The van der Waals surface area contributed by atoms with Crippen LogP contribution >= 0.6 is 11.3 Å². The molecule has 6 heteroatoms. The molecule has 1 amide bonds. The Morgan fingerprint density at radius 3 is 2.50 bits per heavy atom. The molecule has 1 fully saturated rings. The highest BCUT2D eigenvalue weighted by Gasteiger charge is 2.38. The van der Waals surface area contributed by atoms with E-state index in [2.05, 4.69) is 57.2 Å². The van der Waals surface area contributed by atoms with Crippen molar-refractivity contribution in [2.75, 3.05) is 0 Å². The standard InChI is InChI=1S/C18H32N4OS/c1-11(2)7-13(19)16-21-14(10-24-16)15(23)20-12-8-17(3,4)22-18(5,6)9-12/h10-13,22H,7-9,19H2,1-6H3,(H,20,23). The molecule has 1 atom stereocenters. The van der Waals surface area contributed by atoms with Crippen LogP contribution in [-0.4, -0.2) is 28.0 Å². The summed E-state index contributed by atoms with van der Waals surface area (Å²) in [4.78, 5) is 17.0. The molecule has 4 N–H and O–H groups in total. The van der Waals surface area contributed by atoms with Crippen molar-refractivity contribution in [3.8, 4) is 0 Å². The van der Waals surface area contributed by atoms with Gasteiger partial charge in [-0.25, -0.2) is 4.98 Å². The third-order valence-electron chi connectivity index (χ3n) is 4.32. The first-order valence-corrected chi connectivity index (χ1v) is 9.66. The van der Waals surface area contributed by atoms with Gasteiger partial charge in [-0.2, -0.15) is 0 Å². The molecule has 0 spiro atoms. The van der Waals surface area contributed by atoms with Gasteiger partial charge in [0, 0.05) is 22.5 Å². The van der Waals surface area contributed by atoms with E-state index in [1.54, 1.807) is 0 Å². The third-order valence-corrected chi connectivity index (χ3v) is 5.30. The van der Waals surface area contributed by atoms with E-state index >= 15 is 0 Å². The maximum atomic E-state index is 12.6. The summed E-state index contributed by atoms with van der Waals surface area (Å²) < 4.78 is 0. The maximum Gasteiger partial charge on any atom is 0.270 e. The summed E-state index contributed by atoms with van der Waals surface area (Å²) in [7, 11) is 0. The number of amides is 1. The quantitative estimate of drug-likeness (QED) is 0.760. The Bertz CT molecular complexity index is 563. The zero-order chi connectivity index (χ0) is 18.1. The number of nitrogens with zero attached hydrogens (tertiary/aromatic N) is 1. The highest BCUT2D eigenvalue weighted by Crippen LogP contribution is 2.29. The lowest BCUT2D eigenvalue weighted by Gasteiger charge is -2.46. The zero-order valence-corrected chi connectivity index (χ0v) is 16.6. The van der Waals surface area contributed by atoms with Crippen molar-refractivity contribution in [3.05, 3.63) is 16.1 Å². The second-order valence-corrected chi connectivity index (χ2v) is 9.67. The Labute approximate surface area is 149 Å². The van der Waals surface area contributed by atoms with Crippen LogP contribution in [0.5, 0.6) is 0 Å². The Morgan fingerprint density at radius 2 is 1.96 bits per heavy atom. The summed E-state index contributed by atoms with van der Waals surface area (Å²) in [5.41, 5.74) is 6.67. The fourth-order valence-electron chi connectivity index (χ4n) is 3.85. The van der Waals surface area contributed by atoms with Crippen molar-refractivity contribution < 1.29 is 4.79 Å². The Kier molecular flexibility index (Phi) is 5.72. The van der Waals surface area contributed by atoms with Crippen LogP contribution in [0, 0.1) is 5.92 Å². The number of rotatable bonds is 5. The van der Waals surface area contributed by atoms with Gasteiger partial charge in [0.15, 0.2) is 0 Å². The van der Waals surface area contributed by atoms with Gasteiger partial charge in [0.25, 0.3) is 5.91 Å². The molecular weight excluding hydrogens is 320 g/mol. The van der Waals surface area contributed by atoms with Gasteiger partial charge in [0.1, 0.15) is 10.7 Å². The topological polar surface area (TPSA) is 80.0 Å².